The first kappa shape index (κ1) is 14.6. The third-order valence-corrected chi connectivity index (χ3v) is 3.46. The Morgan fingerprint density at radius 1 is 1.09 bits per heavy atom. The van der Waals surface area contributed by atoms with Gasteiger partial charge in [0.15, 0.2) is 0 Å². The first-order chi connectivity index (χ1) is 10.7. The van der Waals surface area contributed by atoms with Crippen molar-refractivity contribution in [2.75, 3.05) is 36.4 Å². The highest BCUT2D eigenvalue weighted by Gasteiger charge is 2.12. The predicted octanol–water partition coefficient (Wildman–Crippen LogP) is 1.78. The van der Waals surface area contributed by atoms with Crippen molar-refractivity contribution in [3.63, 3.8) is 0 Å². The lowest BCUT2D eigenvalue weighted by molar-refractivity contribution is 0.580. The van der Waals surface area contributed by atoms with Crippen LogP contribution < -0.4 is 15.5 Å². The second-order valence-electron chi connectivity index (χ2n) is 5.13. The third kappa shape index (κ3) is 3.67. The quantitative estimate of drug-likeness (QED) is 0.902. The second kappa shape index (κ2) is 6.65. The molecule has 0 aliphatic carbocycles. The monoisotopic (exact) mass is 305 g/mol. The van der Waals surface area contributed by atoms with Gasteiger partial charge >= 0.3 is 0 Å². The van der Waals surface area contributed by atoms with Crippen LogP contribution in [0.2, 0.25) is 0 Å². The first-order valence-electron chi connectivity index (χ1n) is 7.17. The van der Waals surface area contributed by atoms with Crippen molar-refractivity contribution in [3.05, 3.63) is 47.8 Å². The van der Waals surface area contributed by atoms with Crippen molar-refractivity contribution in [2.24, 2.45) is 0 Å². The van der Waals surface area contributed by atoms with Gasteiger partial charge < -0.3 is 15.5 Å². The van der Waals surface area contributed by atoms with Crippen LogP contribution in [0.5, 0.6) is 0 Å². The van der Waals surface area contributed by atoms with Crippen LogP contribution in [0.25, 0.3) is 0 Å². The molecule has 0 spiro atoms. The van der Waals surface area contributed by atoms with Gasteiger partial charge in [-0.05, 0) is 17.7 Å². The van der Waals surface area contributed by atoms with Gasteiger partial charge in [-0.1, -0.05) is 0 Å². The van der Waals surface area contributed by atoms with Gasteiger partial charge in [-0.3, -0.25) is 4.98 Å². The zero-order valence-corrected chi connectivity index (χ0v) is 12.0. The number of nitrogens with zero attached hydrogens (tertiary/aromatic N) is 3. The van der Waals surface area contributed by atoms with Gasteiger partial charge in [-0.2, -0.15) is 0 Å². The number of rotatable bonds is 4. The Labute approximate surface area is 127 Å². The molecule has 7 heteroatoms. The third-order valence-electron chi connectivity index (χ3n) is 3.46. The van der Waals surface area contributed by atoms with Crippen molar-refractivity contribution in [1.82, 2.24) is 15.3 Å². The van der Waals surface area contributed by atoms with Gasteiger partial charge in [-0.25, -0.2) is 13.8 Å². The zero-order chi connectivity index (χ0) is 15.4. The maximum atomic E-state index is 13.2. The van der Waals surface area contributed by atoms with Crippen molar-refractivity contribution in [2.45, 2.75) is 6.54 Å². The van der Waals surface area contributed by atoms with E-state index in [0.717, 1.165) is 38.1 Å². The summed E-state index contributed by atoms with van der Waals surface area (Å²) in [7, 11) is 0. The highest BCUT2D eigenvalue weighted by molar-refractivity contribution is 5.44. The molecule has 3 rings (SSSR count). The molecule has 0 radical (unpaired) electrons. The standard InChI is InChI=1S/C15H17F2N5/c16-12-5-11(6-13(17)7-12)8-20-14-9-19-10-15(21-14)22-3-1-18-2-4-22/h5-7,9-10,18H,1-4,8H2,(H,20,21). The van der Waals surface area contributed by atoms with Gasteiger partial charge in [0.25, 0.3) is 0 Å². The molecule has 116 valence electrons. The summed E-state index contributed by atoms with van der Waals surface area (Å²) in [5, 5.41) is 6.33. The molecular formula is C15H17F2N5. The molecule has 5 nitrogen and oxygen atoms in total. The maximum Gasteiger partial charge on any atom is 0.149 e. The summed E-state index contributed by atoms with van der Waals surface area (Å²) in [6.45, 7) is 3.89. The molecule has 0 atom stereocenters. The average molecular weight is 305 g/mol. The number of hydrogen-bond donors (Lipinski definition) is 2. The SMILES string of the molecule is Fc1cc(F)cc(CNc2cncc(N3CCNCC3)n2)c1. The fourth-order valence-electron chi connectivity index (χ4n) is 2.39. The van der Waals surface area contributed by atoms with Crippen LogP contribution in [-0.4, -0.2) is 36.1 Å². The molecular weight excluding hydrogens is 288 g/mol. The summed E-state index contributed by atoms with van der Waals surface area (Å²) in [5.41, 5.74) is 0.520. The molecule has 1 fully saturated rings. The average Bonchev–Trinajstić information content (AvgIpc) is 2.53. The second-order valence-corrected chi connectivity index (χ2v) is 5.13. The smallest absolute Gasteiger partial charge is 0.149 e. The number of halogens is 2. The first-order valence-corrected chi connectivity index (χ1v) is 7.17. The van der Waals surface area contributed by atoms with Crippen LogP contribution in [0.15, 0.2) is 30.6 Å². The molecule has 2 N–H and O–H groups in total. The van der Waals surface area contributed by atoms with Gasteiger partial charge in [0, 0.05) is 38.8 Å². The molecule has 0 amide bonds. The van der Waals surface area contributed by atoms with Crippen molar-refractivity contribution < 1.29 is 8.78 Å². The van der Waals surface area contributed by atoms with E-state index in [1.165, 1.54) is 12.1 Å². The highest BCUT2D eigenvalue weighted by Crippen LogP contribution is 2.14. The Morgan fingerprint density at radius 2 is 1.82 bits per heavy atom. The molecule has 1 aromatic heterocycles. The number of benzene rings is 1. The number of nitrogens with one attached hydrogen (secondary N) is 2. The topological polar surface area (TPSA) is 53.1 Å². The lowest BCUT2D eigenvalue weighted by Gasteiger charge is -2.28. The van der Waals surface area contributed by atoms with E-state index in [9.17, 15) is 8.78 Å². The minimum Gasteiger partial charge on any atom is -0.365 e. The Balaban J connectivity index is 1.67. The largest absolute Gasteiger partial charge is 0.365 e. The number of piperazine rings is 1. The van der Waals surface area contributed by atoms with E-state index in [0.29, 0.717) is 11.4 Å². The van der Waals surface area contributed by atoms with E-state index in [1.807, 2.05) is 0 Å². The minimum absolute atomic E-state index is 0.286. The molecule has 2 aromatic rings. The molecule has 2 heterocycles. The van der Waals surface area contributed by atoms with Gasteiger partial charge in [0.1, 0.15) is 23.3 Å². The van der Waals surface area contributed by atoms with Crippen LogP contribution in [0.1, 0.15) is 5.56 Å². The molecule has 1 aliphatic heterocycles. The van der Waals surface area contributed by atoms with Gasteiger partial charge in [0.2, 0.25) is 0 Å². The zero-order valence-electron chi connectivity index (χ0n) is 12.0. The van der Waals surface area contributed by atoms with Crippen molar-refractivity contribution >= 4 is 11.6 Å². The van der Waals surface area contributed by atoms with Gasteiger partial charge in [0.05, 0.1) is 12.4 Å². The molecule has 22 heavy (non-hydrogen) atoms. The molecule has 0 saturated carbocycles. The number of aromatic nitrogens is 2. The fourth-order valence-corrected chi connectivity index (χ4v) is 2.39. The van der Waals surface area contributed by atoms with E-state index in [4.69, 9.17) is 0 Å². The van der Waals surface area contributed by atoms with E-state index < -0.39 is 11.6 Å². The van der Waals surface area contributed by atoms with Crippen molar-refractivity contribution in [3.8, 4) is 0 Å². The van der Waals surface area contributed by atoms with Crippen LogP contribution in [0.4, 0.5) is 20.4 Å². The molecule has 0 bridgehead atoms. The van der Waals surface area contributed by atoms with E-state index >= 15 is 0 Å². The summed E-state index contributed by atoms with van der Waals surface area (Å²) >= 11 is 0. The van der Waals surface area contributed by atoms with E-state index in [2.05, 4.69) is 25.5 Å². The van der Waals surface area contributed by atoms with Crippen LogP contribution in [0.3, 0.4) is 0 Å². The predicted molar refractivity (Wildman–Crippen MR) is 80.8 cm³/mol. The fraction of sp³-hybridized carbons (Fsp3) is 0.333. The number of hydrogen-bond acceptors (Lipinski definition) is 5. The summed E-state index contributed by atoms with van der Waals surface area (Å²) in [6, 6.07) is 3.45. The summed E-state index contributed by atoms with van der Waals surface area (Å²) < 4.78 is 26.3. The maximum absolute atomic E-state index is 13.2. The summed E-state index contributed by atoms with van der Waals surface area (Å²) in [4.78, 5) is 10.8. The van der Waals surface area contributed by atoms with Crippen molar-refractivity contribution in [1.29, 1.82) is 0 Å². The van der Waals surface area contributed by atoms with E-state index in [-0.39, 0.29) is 6.54 Å². The Bertz CT molecular complexity index is 623. The summed E-state index contributed by atoms with van der Waals surface area (Å²) in [6.07, 6.45) is 3.32. The van der Waals surface area contributed by atoms with Crippen LogP contribution >= 0.6 is 0 Å². The number of anilines is 2. The minimum atomic E-state index is -0.586. The lowest BCUT2D eigenvalue weighted by atomic mass is 10.2. The van der Waals surface area contributed by atoms with Crippen LogP contribution in [0, 0.1) is 11.6 Å². The van der Waals surface area contributed by atoms with E-state index in [1.54, 1.807) is 12.4 Å². The highest BCUT2D eigenvalue weighted by atomic mass is 19.1. The summed E-state index contributed by atoms with van der Waals surface area (Å²) in [5.74, 6) is 0.215. The normalized spacial score (nSPS) is 14.9. The van der Waals surface area contributed by atoms with Gasteiger partial charge in [-0.15, -0.1) is 0 Å². The van der Waals surface area contributed by atoms with Crippen LogP contribution in [-0.2, 0) is 6.54 Å². The lowest BCUT2D eigenvalue weighted by Crippen LogP contribution is -2.44. The Morgan fingerprint density at radius 3 is 2.55 bits per heavy atom. The Kier molecular flexibility index (Phi) is 4.43. The molecule has 0 unspecified atom stereocenters. The molecule has 1 saturated heterocycles. The molecule has 1 aliphatic rings. The Hall–Kier alpha value is -2.28. The molecule has 1 aromatic carbocycles.